The zero-order chi connectivity index (χ0) is 47.8. The van der Waals surface area contributed by atoms with E-state index in [1.54, 1.807) is 23.2 Å². The first-order chi connectivity index (χ1) is 34.0. The number of imide groups is 1. The maximum absolute atomic E-state index is 17.2. The molecule has 70 heavy (non-hydrogen) atoms. The molecule has 12 rings (SSSR count). The summed E-state index contributed by atoms with van der Waals surface area (Å²) in [6, 6.07) is 12.2. The molecule has 2 bridgehead atoms. The van der Waals surface area contributed by atoms with Crippen LogP contribution < -0.4 is 25.2 Å². The number of phenolic OH excluding ortho intramolecular Hbond substituents is 1. The normalized spacial score (nSPS) is 24.0. The molecule has 2 unspecified atom stereocenters. The monoisotopic (exact) mass is 954 g/mol. The van der Waals surface area contributed by atoms with Crippen molar-refractivity contribution in [1.29, 1.82) is 0 Å². The molecule has 1 saturated carbocycles. The number of piperazine rings is 2. The van der Waals surface area contributed by atoms with Crippen LogP contribution >= 0.6 is 0 Å². The molecule has 3 N–H and O–H groups in total. The molecule has 6 fully saturated rings. The van der Waals surface area contributed by atoms with E-state index < -0.39 is 17.8 Å². The fourth-order valence-electron chi connectivity index (χ4n) is 12.4. The number of carbonyl (C=O) groups is 3. The van der Waals surface area contributed by atoms with Crippen LogP contribution in [0.2, 0.25) is 0 Å². The van der Waals surface area contributed by atoms with Crippen LogP contribution in [0.1, 0.15) is 79.8 Å². The zero-order valence-electron chi connectivity index (χ0n) is 39.7. The molecule has 366 valence electrons. The molecule has 2 aromatic heterocycles. The van der Waals surface area contributed by atoms with E-state index in [2.05, 4.69) is 41.3 Å². The van der Waals surface area contributed by atoms with Crippen molar-refractivity contribution in [2.24, 2.45) is 11.3 Å². The lowest BCUT2D eigenvalue weighted by molar-refractivity contribution is -0.136. The van der Waals surface area contributed by atoms with Gasteiger partial charge in [-0.05, 0) is 129 Å². The highest BCUT2D eigenvalue weighted by Crippen LogP contribution is 2.47. The molecule has 8 heterocycles. The number of anilines is 2. The summed E-state index contributed by atoms with van der Waals surface area (Å²) in [5, 5.41) is 18.4. The number of rotatable bonds is 12. The number of nitrogens with one attached hydrogen (secondary N) is 2. The lowest BCUT2D eigenvalue weighted by Gasteiger charge is -2.40. The largest absolute Gasteiger partial charge is 0.508 e. The molecule has 7 aliphatic rings. The molecule has 0 radical (unpaired) electrons. The molecule has 3 amide bonds. The number of aryl methyl sites for hydroxylation is 1. The van der Waals surface area contributed by atoms with Crippen LogP contribution in [0, 0.1) is 23.0 Å². The van der Waals surface area contributed by atoms with E-state index in [-0.39, 0.29) is 52.4 Å². The number of amides is 3. The third-order valence-electron chi connectivity index (χ3n) is 16.4. The van der Waals surface area contributed by atoms with Crippen molar-refractivity contribution in [2.75, 3.05) is 81.9 Å². The van der Waals surface area contributed by atoms with Crippen molar-refractivity contribution in [3.05, 3.63) is 77.0 Å². The van der Waals surface area contributed by atoms with Gasteiger partial charge in [-0.25, -0.2) is 8.78 Å². The fourth-order valence-corrected chi connectivity index (χ4v) is 12.4. The van der Waals surface area contributed by atoms with Gasteiger partial charge in [0.15, 0.2) is 5.82 Å². The summed E-state index contributed by atoms with van der Waals surface area (Å²) in [5.41, 5.74) is 3.48. The van der Waals surface area contributed by atoms with Gasteiger partial charge in [0.2, 0.25) is 11.8 Å². The topological polar surface area (TPSA) is 160 Å². The van der Waals surface area contributed by atoms with Crippen molar-refractivity contribution in [1.82, 2.24) is 40.3 Å². The molecule has 17 heteroatoms. The average Bonchev–Trinajstić information content (AvgIpc) is 3.94. The summed E-state index contributed by atoms with van der Waals surface area (Å²) < 4.78 is 38.9. The highest BCUT2D eigenvalue weighted by Gasteiger charge is 2.46. The quantitative estimate of drug-likeness (QED) is 0.129. The maximum atomic E-state index is 17.2. The van der Waals surface area contributed by atoms with E-state index in [0.29, 0.717) is 82.7 Å². The van der Waals surface area contributed by atoms with Crippen molar-refractivity contribution >= 4 is 50.9 Å². The van der Waals surface area contributed by atoms with E-state index in [0.717, 1.165) is 115 Å². The zero-order valence-corrected chi connectivity index (χ0v) is 39.7. The minimum atomic E-state index is -0.660. The number of fused-ring (bicyclic) bond motifs is 5. The predicted octanol–water partition coefficient (Wildman–Crippen LogP) is 5.79. The Hall–Kier alpha value is -6.04. The summed E-state index contributed by atoms with van der Waals surface area (Å²) in [4.78, 5) is 63.2. The van der Waals surface area contributed by atoms with Gasteiger partial charge in [-0.15, -0.1) is 0 Å². The Morgan fingerprint density at radius 2 is 1.64 bits per heavy atom. The summed E-state index contributed by atoms with van der Waals surface area (Å²) >= 11 is 0. The van der Waals surface area contributed by atoms with Crippen LogP contribution in [0.5, 0.6) is 11.8 Å². The molecular formula is C53H60F2N10O5. The van der Waals surface area contributed by atoms with Gasteiger partial charge in [0.25, 0.3) is 5.91 Å². The van der Waals surface area contributed by atoms with Gasteiger partial charge in [-0.2, -0.15) is 9.97 Å². The third-order valence-corrected chi connectivity index (χ3v) is 16.4. The summed E-state index contributed by atoms with van der Waals surface area (Å²) in [7, 11) is 0. The molecule has 6 aliphatic heterocycles. The van der Waals surface area contributed by atoms with E-state index in [9.17, 15) is 19.5 Å². The number of carbonyl (C=O) groups excluding carboxylic acids is 3. The minimum absolute atomic E-state index is 0.00794. The van der Waals surface area contributed by atoms with Crippen LogP contribution in [0.25, 0.3) is 32.9 Å². The highest BCUT2D eigenvalue weighted by molar-refractivity contribution is 6.06. The number of benzene rings is 3. The molecule has 15 nitrogen and oxygen atoms in total. The number of likely N-dealkylation sites (tertiary alicyclic amines) is 1. The van der Waals surface area contributed by atoms with Gasteiger partial charge < -0.3 is 34.8 Å². The second-order valence-electron chi connectivity index (χ2n) is 21.1. The number of hydrogen-bond donors (Lipinski definition) is 3. The first-order valence-electron chi connectivity index (χ1n) is 25.4. The maximum Gasteiger partial charge on any atom is 0.319 e. The van der Waals surface area contributed by atoms with Crippen LogP contribution in [0.3, 0.4) is 0 Å². The van der Waals surface area contributed by atoms with Gasteiger partial charge in [0.05, 0.1) is 12.0 Å². The van der Waals surface area contributed by atoms with Gasteiger partial charge in [-0.3, -0.25) is 29.6 Å². The summed E-state index contributed by atoms with van der Waals surface area (Å²) in [5.74, 6) is -0.699. The van der Waals surface area contributed by atoms with Gasteiger partial charge in [0, 0.05) is 106 Å². The molecule has 3 aromatic carbocycles. The van der Waals surface area contributed by atoms with E-state index in [1.165, 1.54) is 12.1 Å². The first kappa shape index (κ1) is 45.1. The number of pyridine rings is 1. The molecule has 3 atom stereocenters. The number of aromatic hydroxyl groups is 1. The first-order valence-corrected chi connectivity index (χ1v) is 25.4. The van der Waals surface area contributed by atoms with E-state index in [1.807, 2.05) is 19.1 Å². The Morgan fingerprint density at radius 1 is 0.857 bits per heavy atom. The lowest BCUT2D eigenvalue weighted by atomic mass is 9.94. The SMILES string of the molecule is CCc1c(F)ccc2cc(O)cc(-c3ncc4c(N5CC6CCC(C5)N6)nc(OCC5(CN6CCC(CN7CCN(c8ccc9c(c8)CN([C@H]8CCC(=O)NC8=O)C9=O)CC7)CC6)CC5)nc4c3F)c12. The Morgan fingerprint density at radius 3 is 2.39 bits per heavy atom. The number of phenols is 1. The van der Waals surface area contributed by atoms with Gasteiger partial charge >= 0.3 is 6.01 Å². The fraction of sp³-hybridized carbons (Fsp3) is 0.509. The summed E-state index contributed by atoms with van der Waals surface area (Å²) in [6.45, 7) is 12.0. The molecule has 5 aromatic rings. The Bertz CT molecular complexity index is 2910. The molecule has 5 saturated heterocycles. The third kappa shape index (κ3) is 8.46. The van der Waals surface area contributed by atoms with E-state index >= 15 is 8.78 Å². The van der Waals surface area contributed by atoms with E-state index in [4.69, 9.17) is 14.7 Å². The number of hydrogen-bond acceptors (Lipinski definition) is 13. The van der Waals surface area contributed by atoms with Gasteiger partial charge in [0.1, 0.15) is 34.6 Å². The predicted molar refractivity (Wildman–Crippen MR) is 261 cm³/mol. The number of halogens is 2. The van der Waals surface area contributed by atoms with Crippen LogP contribution in [-0.2, 0) is 22.6 Å². The number of aromatic nitrogens is 3. The second-order valence-corrected chi connectivity index (χ2v) is 21.1. The number of ether oxygens (including phenoxy) is 1. The van der Waals surface area contributed by atoms with Crippen LogP contribution in [-0.4, -0.2) is 143 Å². The van der Waals surface area contributed by atoms with Crippen molar-refractivity contribution in [3.8, 4) is 23.0 Å². The smallest absolute Gasteiger partial charge is 0.319 e. The van der Waals surface area contributed by atoms with Crippen molar-refractivity contribution in [2.45, 2.75) is 89.4 Å². The lowest BCUT2D eigenvalue weighted by Crippen LogP contribution is -2.52. The Balaban J connectivity index is 0.683. The minimum Gasteiger partial charge on any atom is -0.508 e. The number of nitrogens with zero attached hydrogens (tertiary/aromatic N) is 8. The highest BCUT2D eigenvalue weighted by atomic mass is 19.1. The second kappa shape index (κ2) is 18.0. The Kier molecular flexibility index (Phi) is 11.6. The Labute approximate surface area is 405 Å². The molecule has 1 aliphatic carbocycles. The standard InChI is InChI=1S/C53H60F2N10O5/c1-2-38-42(54)8-3-32-22-37(66)23-40(45(32)38)47-46(55)48-41(24-56-47)49(64-27-34-4-5-35(28-64)57-34)60-52(59-48)70-30-53(13-14-53)29-62-15-11-31(12-16-62)25-61-17-19-63(20-18-61)36-6-7-39-33(21-36)26-65(51(39)69)43-9-10-44(67)58-50(43)68/h3,6-8,21-24,31,34-35,43,57,66H,2,4-5,9-20,25-30H2,1H3,(H,58,67,68)/t34?,35?,43-/m0/s1. The number of piperidine rings is 2. The molecular weight excluding hydrogens is 895 g/mol. The average molecular weight is 955 g/mol. The van der Waals surface area contributed by atoms with Gasteiger partial charge in [-0.1, -0.05) is 13.0 Å². The van der Waals surface area contributed by atoms with Crippen molar-refractivity contribution < 1.29 is 33.0 Å². The summed E-state index contributed by atoms with van der Waals surface area (Å²) in [6.07, 6.45) is 9.10. The van der Waals surface area contributed by atoms with Crippen LogP contribution in [0.15, 0.2) is 48.7 Å². The molecule has 0 spiro atoms. The van der Waals surface area contributed by atoms with Crippen LogP contribution in [0.4, 0.5) is 20.3 Å². The van der Waals surface area contributed by atoms with Crippen molar-refractivity contribution in [3.63, 3.8) is 0 Å².